The number of halogens is 2. The fraction of sp³-hybridized carbons (Fsp3) is 0.467. The van der Waals surface area contributed by atoms with Gasteiger partial charge in [0.25, 0.3) is 11.6 Å². The van der Waals surface area contributed by atoms with Crippen molar-refractivity contribution in [3.63, 3.8) is 0 Å². The topological polar surface area (TPSA) is 119 Å². The van der Waals surface area contributed by atoms with Crippen LogP contribution >= 0.6 is 28.3 Å². The third kappa shape index (κ3) is 5.38. The molecule has 1 aliphatic heterocycles. The van der Waals surface area contributed by atoms with Gasteiger partial charge in [0.15, 0.2) is 0 Å². The highest BCUT2D eigenvalue weighted by Crippen LogP contribution is 2.26. The number of benzene rings is 1. The number of carbonyl (C=O) groups is 2. The first-order chi connectivity index (χ1) is 11.4. The maximum absolute atomic E-state index is 12.7. The molecule has 0 spiro atoms. The zero-order chi connectivity index (χ0) is 17.7. The van der Waals surface area contributed by atoms with Crippen LogP contribution in [0.4, 0.5) is 5.69 Å². The first-order valence-corrected chi connectivity index (χ1v) is 8.44. The number of nitrogens with zero attached hydrogens (tertiary/aromatic N) is 2. The van der Waals surface area contributed by atoms with Gasteiger partial charge in [-0.05, 0) is 25.0 Å². The van der Waals surface area contributed by atoms with Crippen LogP contribution in [0.15, 0.2) is 22.7 Å². The molecule has 1 aliphatic rings. The molecule has 1 atom stereocenters. The van der Waals surface area contributed by atoms with E-state index < -0.39 is 10.8 Å². The van der Waals surface area contributed by atoms with E-state index in [1.54, 1.807) is 6.07 Å². The number of rotatable bonds is 5. The van der Waals surface area contributed by atoms with E-state index in [0.717, 1.165) is 0 Å². The van der Waals surface area contributed by atoms with Gasteiger partial charge >= 0.3 is 0 Å². The fourth-order valence-electron chi connectivity index (χ4n) is 2.72. The van der Waals surface area contributed by atoms with E-state index in [2.05, 4.69) is 21.2 Å². The Labute approximate surface area is 159 Å². The maximum Gasteiger partial charge on any atom is 0.283 e. The summed E-state index contributed by atoms with van der Waals surface area (Å²) in [6.45, 7) is 1.48. The average Bonchev–Trinajstić information content (AvgIpc) is 2.59. The van der Waals surface area contributed by atoms with Crippen LogP contribution in [-0.4, -0.2) is 47.8 Å². The van der Waals surface area contributed by atoms with E-state index >= 15 is 0 Å². The number of piperidine rings is 1. The van der Waals surface area contributed by atoms with Gasteiger partial charge in [0, 0.05) is 36.7 Å². The second-order valence-corrected chi connectivity index (χ2v) is 6.50. The molecule has 138 valence electrons. The van der Waals surface area contributed by atoms with Crippen LogP contribution in [0, 0.1) is 16.0 Å². The van der Waals surface area contributed by atoms with Crippen molar-refractivity contribution < 1.29 is 14.5 Å². The van der Waals surface area contributed by atoms with Crippen molar-refractivity contribution in [3.05, 3.63) is 38.3 Å². The standard InChI is InChI=1S/C15H19BrN4O4.ClH/c16-11-3-4-12(13(8-11)20(23)24)15(22)19-7-1-2-10(9-19)14(21)18-6-5-17;/h3-4,8,10H,1-2,5-7,9,17H2,(H,18,21);1H. The number of nitrogens with two attached hydrogens (primary N) is 1. The van der Waals surface area contributed by atoms with E-state index in [-0.39, 0.29) is 42.0 Å². The third-order valence-electron chi connectivity index (χ3n) is 3.91. The van der Waals surface area contributed by atoms with Crippen LogP contribution < -0.4 is 11.1 Å². The second kappa shape index (κ2) is 9.69. The summed E-state index contributed by atoms with van der Waals surface area (Å²) in [5.41, 5.74) is 5.16. The van der Waals surface area contributed by atoms with Gasteiger partial charge in [0.1, 0.15) is 5.56 Å². The Hall–Kier alpha value is -1.71. The summed E-state index contributed by atoms with van der Waals surface area (Å²) in [5.74, 6) is -0.877. The van der Waals surface area contributed by atoms with Crippen molar-refractivity contribution >= 4 is 45.8 Å². The van der Waals surface area contributed by atoms with Crippen LogP contribution in [0.5, 0.6) is 0 Å². The van der Waals surface area contributed by atoms with Crippen LogP contribution in [-0.2, 0) is 4.79 Å². The second-order valence-electron chi connectivity index (χ2n) is 5.59. The molecule has 1 unspecified atom stereocenters. The molecule has 0 aromatic heterocycles. The van der Waals surface area contributed by atoms with Crippen LogP contribution in [0.25, 0.3) is 0 Å². The Balaban J connectivity index is 0.00000312. The van der Waals surface area contributed by atoms with Crippen molar-refractivity contribution in [2.75, 3.05) is 26.2 Å². The Bertz CT molecular complexity index is 658. The molecular weight excluding hydrogens is 416 g/mol. The number of hydrogen-bond acceptors (Lipinski definition) is 5. The lowest BCUT2D eigenvalue weighted by Gasteiger charge is -2.32. The molecule has 1 saturated heterocycles. The number of carbonyl (C=O) groups excluding carboxylic acids is 2. The number of amides is 2. The van der Waals surface area contributed by atoms with Crippen LogP contribution in [0.2, 0.25) is 0 Å². The highest BCUT2D eigenvalue weighted by Gasteiger charge is 2.31. The summed E-state index contributed by atoms with van der Waals surface area (Å²) in [7, 11) is 0. The van der Waals surface area contributed by atoms with E-state index in [1.807, 2.05) is 0 Å². The number of nitro groups is 1. The Morgan fingerprint density at radius 3 is 2.80 bits per heavy atom. The van der Waals surface area contributed by atoms with Crippen molar-refractivity contribution in [3.8, 4) is 0 Å². The van der Waals surface area contributed by atoms with Crippen molar-refractivity contribution in [2.45, 2.75) is 12.8 Å². The first kappa shape index (κ1) is 21.3. The number of nitrogens with one attached hydrogen (secondary N) is 1. The highest BCUT2D eigenvalue weighted by molar-refractivity contribution is 9.10. The monoisotopic (exact) mass is 434 g/mol. The summed E-state index contributed by atoms with van der Waals surface area (Å²) in [4.78, 5) is 36.9. The molecular formula is C15H20BrClN4O4. The highest BCUT2D eigenvalue weighted by atomic mass is 79.9. The fourth-order valence-corrected chi connectivity index (χ4v) is 3.07. The van der Waals surface area contributed by atoms with Gasteiger partial charge in [-0.3, -0.25) is 19.7 Å². The molecule has 25 heavy (non-hydrogen) atoms. The number of hydrogen-bond donors (Lipinski definition) is 2. The van der Waals surface area contributed by atoms with Crippen LogP contribution in [0.1, 0.15) is 23.2 Å². The van der Waals surface area contributed by atoms with Crippen molar-refractivity contribution in [2.24, 2.45) is 11.7 Å². The Morgan fingerprint density at radius 2 is 2.16 bits per heavy atom. The maximum atomic E-state index is 12.7. The minimum Gasteiger partial charge on any atom is -0.355 e. The molecule has 2 rings (SSSR count). The minimum atomic E-state index is -0.576. The molecule has 10 heteroatoms. The molecule has 1 aromatic carbocycles. The van der Waals surface area contributed by atoms with Gasteiger partial charge in [-0.2, -0.15) is 0 Å². The Morgan fingerprint density at radius 1 is 1.44 bits per heavy atom. The summed E-state index contributed by atoms with van der Waals surface area (Å²) in [6, 6.07) is 4.33. The molecule has 0 aliphatic carbocycles. The zero-order valence-corrected chi connectivity index (χ0v) is 15.8. The SMILES string of the molecule is Cl.NCCNC(=O)C1CCCN(C(=O)c2ccc(Br)cc2[N+](=O)[O-])C1. The molecule has 0 bridgehead atoms. The number of likely N-dealkylation sites (tertiary alicyclic amines) is 1. The first-order valence-electron chi connectivity index (χ1n) is 7.65. The average molecular weight is 436 g/mol. The smallest absolute Gasteiger partial charge is 0.283 e. The Kier molecular flexibility index (Phi) is 8.27. The van der Waals surface area contributed by atoms with Gasteiger partial charge in [0.05, 0.1) is 10.8 Å². The van der Waals surface area contributed by atoms with Gasteiger partial charge in [-0.1, -0.05) is 15.9 Å². The van der Waals surface area contributed by atoms with Gasteiger partial charge in [-0.15, -0.1) is 12.4 Å². The lowest BCUT2D eigenvalue weighted by atomic mass is 9.96. The lowest BCUT2D eigenvalue weighted by Crippen LogP contribution is -2.46. The lowest BCUT2D eigenvalue weighted by molar-refractivity contribution is -0.385. The van der Waals surface area contributed by atoms with Gasteiger partial charge < -0.3 is 16.0 Å². The normalized spacial score (nSPS) is 16.7. The third-order valence-corrected chi connectivity index (χ3v) is 4.40. The van der Waals surface area contributed by atoms with Crippen molar-refractivity contribution in [1.82, 2.24) is 10.2 Å². The summed E-state index contributed by atoms with van der Waals surface area (Å²) < 4.78 is 0.531. The predicted octanol–water partition coefficient (Wildman–Crippen LogP) is 1.71. The van der Waals surface area contributed by atoms with E-state index in [0.29, 0.717) is 36.9 Å². The molecule has 2 amide bonds. The molecule has 8 nitrogen and oxygen atoms in total. The van der Waals surface area contributed by atoms with Gasteiger partial charge in [-0.25, -0.2) is 0 Å². The van der Waals surface area contributed by atoms with E-state index in [1.165, 1.54) is 17.0 Å². The van der Waals surface area contributed by atoms with Crippen molar-refractivity contribution in [1.29, 1.82) is 0 Å². The minimum absolute atomic E-state index is 0. The summed E-state index contributed by atoms with van der Waals surface area (Å²) in [5, 5.41) is 13.9. The molecule has 1 fully saturated rings. The van der Waals surface area contributed by atoms with E-state index in [9.17, 15) is 19.7 Å². The number of nitro benzene ring substituents is 1. The molecule has 3 N–H and O–H groups in total. The summed E-state index contributed by atoms with van der Waals surface area (Å²) >= 11 is 3.17. The van der Waals surface area contributed by atoms with E-state index in [4.69, 9.17) is 5.73 Å². The largest absolute Gasteiger partial charge is 0.355 e. The summed E-state index contributed by atoms with van der Waals surface area (Å²) in [6.07, 6.45) is 1.36. The van der Waals surface area contributed by atoms with Crippen LogP contribution in [0.3, 0.4) is 0 Å². The molecule has 1 aromatic rings. The molecule has 0 radical (unpaired) electrons. The molecule has 0 saturated carbocycles. The van der Waals surface area contributed by atoms with Gasteiger partial charge in [0.2, 0.25) is 5.91 Å². The quantitative estimate of drug-likeness (QED) is 0.539. The zero-order valence-electron chi connectivity index (χ0n) is 13.4. The predicted molar refractivity (Wildman–Crippen MR) is 98.7 cm³/mol. The molecule has 1 heterocycles.